The van der Waals surface area contributed by atoms with E-state index in [4.69, 9.17) is 0 Å². The number of benzene rings is 1. The van der Waals surface area contributed by atoms with Crippen LogP contribution in [-0.2, 0) is 0 Å². The first kappa shape index (κ1) is 18.7. The maximum atomic E-state index is 3.49. The first-order valence-electron chi connectivity index (χ1n) is 3.22. The van der Waals surface area contributed by atoms with E-state index >= 15 is 0 Å². The molecule has 0 aliphatic heterocycles. The number of hydrogen-bond donors (Lipinski definition) is 0. The zero-order chi connectivity index (χ0) is 7.82. The molecule has 0 saturated heterocycles. The standard InChI is InChI=1S/C6H4Br.C3H7.BrH.Mg/c7-6-4-2-1-3-5-6;1-3-2;;/h2-5H;1,3H2,2H3;1H;/q2*-1;;+2. The first-order chi connectivity index (χ1) is 4.81. The molecule has 0 unspecified atom stereocenters. The zero-order valence-electron chi connectivity index (χ0n) is 7.22. The molecule has 1 rings (SSSR count). The van der Waals surface area contributed by atoms with Crippen LogP contribution in [0.25, 0.3) is 0 Å². The van der Waals surface area contributed by atoms with E-state index < -0.39 is 0 Å². The van der Waals surface area contributed by atoms with Gasteiger partial charge in [0.25, 0.3) is 0 Å². The molecule has 0 amide bonds. The normalized spacial score (nSPS) is 6.58. The minimum absolute atomic E-state index is 0. The van der Waals surface area contributed by atoms with Crippen molar-refractivity contribution in [2.45, 2.75) is 13.3 Å². The summed E-state index contributed by atoms with van der Waals surface area (Å²) in [4.78, 5) is 0. The largest absolute Gasteiger partial charge is 2.00 e. The Hall–Kier alpha value is 0.946. The first-order valence-corrected chi connectivity index (χ1v) is 4.01. The minimum Gasteiger partial charge on any atom is -0.344 e. The van der Waals surface area contributed by atoms with Gasteiger partial charge in [-0.15, -0.1) is 17.0 Å². The molecule has 0 radical (unpaired) electrons. The van der Waals surface area contributed by atoms with Crippen molar-refractivity contribution in [3.8, 4) is 0 Å². The molecular formula is C9H12Br2Mg. The Kier molecular flexibility index (Phi) is 22.5. The van der Waals surface area contributed by atoms with E-state index in [1.54, 1.807) is 0 Å². The Labute approximate surface area is 110 Å². The average molecular weight is 304 g/mol. The summed E-state index contributed by atoms with van der Waals surface area (Å²) in [5.74, 6) is 0. The van der Waals surface area contributed by atoms with E-state index in [9.17, 15) is 0 Å². The Morgan fingerprint density at radius 1 is 1.42 bits per heavy atom. The molecule has 1 aromatic rings. The third kappa shape index (κ3) is 13.5. The Morgan fingerprint density at radius 3 is 1.92 bits per heavy atom. The quantitative estimate of drug-likeness (QED) is 0.507. The van der Waals surface area contributed by atoms with Crippen molar-refractivity contribution in [1.29, 1.82) is 0 Å². The van der Waals surface area contributed by atoms with E-state index in [0.29, 0.717) is 0 Å². The van der Waals surface area contributed by atoms with Crippen LogP contribution in [0.15, 0.2) is 28.7 Å². The van der Waals surface area contributed by atoms with Crippen molar-refractivity contribution in [3.05, 3.63) is 41.7 Å². The molecule has 3 heteroatoms. The van der Waals surface area contributed by atoms with Crippen molar-refractivity contribution in [2.75, 3.05) is 0 Å². The number of rotatable bonds is 0. The van der Waals surface area contributed by atoms with Crippen LogP contribution < -0.4 is 0 Å². The molecule has 0 heterocycles. The van der Waals surface area contributed by atoms with Crippen LogP contribution >= 0.6 is 32.9 Å². The van der Waals surface area contributed by atoms with Gasteiger partial charge in [-0.25, -0.2) is 0 Å². The second-order valence-corrected chi connectivity index (χ2v) is 2.63. The van der Waals surface area contributed by atoms with Gasteiger partial charge in [-0.05, 0) is 0 Å². The molecule has 0 spiro atoms. The molecule has 0 bridgehead atoms. The summed E-state index contributed by atoms with van der Waals surface area (Å²) >= 11 is 3.29. The van der Waals surface area contributed by atoms with Gasteiger partial charge in [0.15, 0.2) is 0 Å². The topological polar surface area (TPSA) is 0 Å². The maximum absolute atomic E-state index is 3.49. The van der Waals surface area contributed by atoms with E-state index in [1.165, 1.54) is 0 Å². The fourth-order valence-corrected chi connectivity index (χ4v) is 0.631. The predicted molar refractivity (Wildman–Crippen MR) is 64.7 cm³/mol. The second kappa shape index (κ2) is 14.5. The summed E-state index contributed by atoms with van der Waals surface area (Å²) in [6.45, 7) is 5.50. The molecule has 0 aliphatic carbocycles. The van der Waals surface area contributed by atoms with Crippen molar-refractivity contribution >= 4 is 56.0 Å². The summed E-state index contributed by atoms with van der Waals surface area (Å²) in [5.41, 5.74) is 0. The molecule has 1 aromatic carbocycles. The molecule has 0 aromatic heterocycles. The third-order valence-electron chi connectivity index (χ3n) is 0.678. The number of halogens is 2. The number of hydrogen-bond acceptors (Lipinski definition) is 0. The Morgan fingerprint density at radius 2 is 1.75 bits per heavy atom. The van der Waals surface area contributed by atoms with Gasteiger partial charge in [0, 0.05) is 0 Å². The van der Waals surface area contributed by atoms with E-state index in [2.05, 4.69) is 28.9 Å². The van der Waals surface area contributed by atoms with E-state index in [1.807, 2.05) is 31.2 Å². The molecule has 0 fully saturated rings. The van der Waals surface area contributed by atoms with Gasteiger partial charge in [0.1, 0.15) is 0 Å². The van der Waals surface area contributed by atoms with E-state index in [0.717, 1.165) is 10.9 Å². The fraction of sp³-hybridized carbons (Fsp3) is 0.222. The summed E-state index contributed by atoms with van der Waals surface area (Å²) in [6, 6.07) is 10.5. The minimum atomic E-state index is 0. The molecule has 0 N–H and O–H groups in total. The van der Waals surface area contributed by atoms with Gasteiger partial charge < -0.3 is 6.92 Å². The van der Waals surface area contributed by atoms with E-state index in [-0.39, 0.29) is 40.0 Å². The Balaban J connectivity index is -0.000000146. The second-order valence-electron chi connectivity index (χ2n) is 1.72. The third-order valence-corrected chi connectivity index (χ3v) is 1.21. The monoisotopic (exact) mass is 302 g/mol. The maximum Gasteiger partial charge on any atom is 2.00 e. The van der Waals surface area contributed by atoms with Crippen LogP contribution in [0.3, 0.4) is 0 Å². The van der Waals surface area contributed by atoms with Gasteiger partial charge in [0.2, 0.25) is 0 Å². The van der Waals surface area contributed by atoms with Crippen molar-refractivity contribution in [2.24, 2.45) is 0 Å². The van der Waals surface area contributed by atoms with Crippen LogP contribution in [0.5, 0.6) is 0 Å². The SMILES string of the molecule is Br.Brc1cc[c-]cc1.[CH2-]CC.[Mg+2]. The summed E-state index contributed by atoms with van der Waals surface area (Å²) in [7, 11) is 0. The molecule has 12 heavy (non-hydrogen) atoms. The van der Waals surface area contributed by atoms with Crippen molar-refractivity contribution in [3.63, 3.8) is 0 Å². The van der Waals surface area contributed by atoms with Crippen LogP contribution in [-0.4, -0.2) is 23.1 Å². The van der Waals surface area contributed by atoms with Crippen molar-refractivity contribution < 1.29 is 0 Å². The molecule has 0 aliphatic rings. The van der Waals surface area contributed by atoms with Crippen LogP contribution in [0.4, 0.5) is 0 Å². The molecule has 64 valence electrons. The van der Waals surface area contributed by atoms with Gasteiger partial charge in [-0.3, -0.25) is 0 Å². The molecule has 0 saturated carbocycles. The van der Waals surface area contributed by atoms with Crippen LogP contribution in [0.2, 0.25) is 0 Å². The average Bonchev–Trinajstić information content (AvgIpc) is 1.91. The summed E-state index contributed by atoms with van der Waals surface area (Å²) in [6.07, 6.45) is 1.00. The van der Waals surface area contributed by atoms with Gasteiger partial charge >= 0.3 is 23.1 Å². The predicted octanol–water partition coefficient (Wildman–Crippen LogP) is 3.68. The molecule has 0 atom stereocenters. The van der Waals surface area contributed by atoms with Crippen molar-refractivity contribution in [1.82, 2.24) is 0 Å². The smallest absolute Gasteiger partial charge is 0.344 e. The van der Waals surface area contributed by atoms with Gasteiger partial charge in [0.05, 0.1) is 0 Å². The molecule has 0 nitrogen and oxygen atoms in total. The zero-order valence-corrected chi connectivity index (χ0v) is 11.9. The van der Waals surface area contributed by atoms with Crippen LogP contribution in [0, 0.1) is 13.0 Å². The fourth-order valence-electron chi connectivity index (χ4n) is 0.367. The van der Waals surface area contributed by atoms with Crippen LogP contribution in [0.1, 0.15) is 13.3 Å². The summed E-state index contributed by atoms with van der Waals surface area (Å²) in [5, 5.41) is 0. The molecular weight excluding hydrogens is 292 g/mol. The van der Waals surface area contributed by atoms with Gasteiger partial charge in [-0.1, -0.05) is 27.3 Å². The Bertz CT molecular complexity index is 154. The summed E-state index contributed by atoms with van der Waals surface area (Å²) < 4.78 is 1.10. The van der Waals surface area contributed by atoms with Gasteiger partial charge in [-0.2, -0.15) is 36.8 Å².